The molecule has 190 valence electrons. The van der Waals surface area contributed by atoms with Crippen LogP contribution in [0.25, 0.3) is 6.08 Å². The average Bonchev–Trinajstić information content (AvgIpc) is 2.82. The smallest absolute Gasteiger partial charge is 0.336 e. The lowest BCUT2D eigenvalue weighted by molar-refractivity contribution is -0.122. The molecule has 1 aliphatic heterocycles. The predicted octanol–water partition coefficient (Wildman–Crippen LogP) is 5.74. The Hall–Kier alpha value is -4.17. The highest BCUT2D eigenvalue weighted by Crippen LogP contribution is 2.38. The van der Waals surface area contributed by atoms with Crippen LogP contribution in [0.5, 0.6) is 11.5 Å². The fourth-order valence-corrected chi connectivity index (χ4v) is 4.33. The summed E-state index contributed by atoms with van der Waals surface area (Å²) in [6.07, 6.45) is 1.26. The zero-order valence-electron chi connectivity index (χ0n) is 20.4. The Morgan fingerprint density at radius 3 is 2.38 bits per heavy atom. The second-order valence-corrected chi connectivity index (χ2v) is 8.86. The maximum absolute atomic E-state index is 14.3. The topological polar surface area (TPSA) is 84.9 Å². The summed E-state index contributed by atoms with van der Waals surface area (Å²) in [7, 11) is 0. The van der Waals surface area contributed by atoms with Gasteiger partial charge in [0.15, 0.2) is 11.5 Å². The number of para-hydroxylation sites is 1. The molecule has 0 aliphatic carbocycles. The summed E-state index contributed by atoms with van der Waals surface area (Å²) < 4.78 is 26.0. The molecule has 0 saturated carbocycles. The van der Waals surface area contributed by atoms with Crippen LogP contribution in [0.3, 0.4) is 0 Å². The van der Waals surface area contributed by atoms with Gasteiger partial charge in [-0.3, -0.25) is 14.9 Å². The van der Waals surface area contributed by atoms with E-state index in [4.69, 9.17) is 21.1 Å². The average molecular weight is 523 g/mol. The summed E-state index contributed by atoms with van der Waals surface area (Å²) in [4.78, 5) is 38.6. The number of nitrogens with one attached hydrogen (secondary N) is 1. The van der Waals surface area contributed by atoms with Gasteiger partial charge in [0.25, 0.3) is 11.8 Å². The van der Waals surface area contributed by atoms with E-state index < -0.39 is 23.7 Å². The number of amides is 4. The molecule has 9 heteroatoms. The van der Waals surface area contributed by atoms with Gasteiger partial charge in [0.1, 0.15) is 18.0 Å². The van der Waals surface area contributed by atoms with Crippen molar-refractivity contribution in [3.8, 4) is 11.5 Å². The van der Waals surface area contributed by atoms with E-state index in [9.17, 15) is 18.8 Å². The summed E-state index contributed by atoms with van der Waals surface area (Å²) in [6.45, 7) is 6.36. The minimum absolute atomic E-state index is 0.202. The van der Waals surface area contributed by atoms with E-state index in [1.165, 1.54) is 30.3 Å². The largest absolute Gasteiger partial charge is 0.490 e. The first-order valence-electron chi connectivity index (χ1n) is 11.5. The number of carbonyl (C=O) groups is 3. The maximum atomic E-state index is 14.3. The van der Waals surface area contributed by atoms with Gasteiger partial charge in [0.2, 0.25) is 0 Å². The van der Waals surface area contributed by atoms with Crippen molar-refractivity contribution in [2.75, 3.05) is 11.5 Å². The predicted molar refractivity (Wildman–Crippen MR) is 138 cm³/mol. The number of hydrogen-bond donors (Lipinski definition) is 1. The van der Waals surface area contributed by atoms with Crippen LogP contribution >= 0.6 is 11.6 Å². The summed E-state index contributed by atoms with van der Waals surface area (Å²) in [5.41, 5.74) is 2.89. The number of aryl methyl sites for hydroxylation is 2. The highest BCUT2D eigenvalue weighted by atomic mass is 35.5. The lowest BCUT2D eigenvalue weighted by Crippen LogP contribution is -2.54. The Morgan fingerprint density at radius 1 is 1.00 bits per heavy atom. The normalized spacial score (nSPS) is 14.7. The van der Waals surface area contributed by atoms with Gasteiger partial charge in [-0.2, -0.15) is 0 Å². The third-order valence-electron chi connectivity index (χ3n) is 5.50. The second kappa shape index (κ2) is 10.8. The SMILES string of the molecule is CCOc1cc(/C=C2/C(=O)NC(=O)N(c3ccccc3F)C2=O)cc(Cl)c1OCc1cc(C)cc(C)c1. The van der Waals surface area contributed by atoms with Crippen LogP contribution in [0.1, 0.15) is 29.2 Å². The van der Waals surface area contributed by atoms with E-state index in [2.05, 4.69) is 11.4 Å². The number of ether oxygens (including phenoxy) is 2. The van der Waals surface area contributed by atoms with Gasteiger partial charge in [-0.15, -0.1) is 0 Å². The van der Waals surface area contributed by atoms with Gasteiger partial charge in [-0.05, 0) is 62.2 Å². The summed E-state index contributed by atoms with van der Waals surface area (Å²) >= 11 is 6.52. The van der Waals surface area contributed by atoms with Crippen molar-refractivity contribution >= 4 is 41.2 Å². The first-order chi connectivity index (χ1) is 17.7. The van der Waals surface area contributed by atoms with Crippen molar-refractivity contribution in [2.24, 2.45) is 0 Å². The number of hydrogen-bond acceptors (Lipinski definition) is 5. The van der Waals surface area contributed by atoms with Gasteiger partial charge in [0.05, 0.1) is 17.3 Å². The lowest BCUT2D eigenvalue weighted by Gasteiger charge is -2.26. The number of urea groups is 1. The molecule has 1 N–H and O–H groups in total. The lowest BCUT2D eigenvalue weighted by atomic mass is 10.1. The zero-order chi connectivity index (χ0) is 26.7. The number of anilines is 1. The van der Waals surface area contributed by atoms with Crippen molar-refractivity contribution < 1.29 is 28.2 Å². The van der Waals surface area contributed by atoms with Crippen LogP contribution in [0.15, 0.2) is 60.2 Å². The van der Waals surface area contributed by atoms with Crippen LogP contribution in [0.4, 0.5) is 14.9 Å². The molecule has 0 spiro atoms. The first-order valence-corrected chi connectivity index (χ1v) is 11.9. The fraction of sp³-hybridized carbons (Fsp3) is 0.179. The van der Waals surface area contributed by atoms with Gasteiger partial charge in [-0.25, -0.2) is 14.1 Å². The van der Waals surface area contributed by atoms with Crippen LogP contribution in [-0.2, 0) is 16.2 Å². The Bertz CT molecular complexity index is 1420. The molecule has 1 saturated heterocycles. The van der Waals surface area contributed by atoms with Crippen molar-refractivity contribution in [2.45, 2.75) is 27.4 Å². The Kier molecular flexibility index (Phi) is 7.59. The van der Waals surface area contributed by atoms with E-state index in [0.717, 1.165) is 22.8 Å². The number of halogens is 2. The minimum atomic E-state index is -1.04. The van der Waals surface area contributed by atoms with Gasteiger partial charge >= 0.3 is 6.03 Å². The van der Waals surface area contributed by atoms with Crippen molar-refractivity contribution in [3.05, 3.63) is 93.3 Å². The van der Waals surface area contributed by atoms with E-state index in [1.54, 1.807) is 13.0 Å². The van der Waals surface area contributed by atoms with Crippen molar-refractivity contribution in [1.82, 2.24) is 5.32 Å². The molecular weight excluding hydrogens is 499 g/mol. The summed E-state index contributed by atoms with van der Waals surface area (Å²) in [5.74, 6) is -2.04. The van der Waals surface area contributed by atoms with Gasteiger partial charge in [-0.1, -0.05) is 53.1 Å². The minimum Gasteiger partial charge on any atom is -0.490 e. The highest BCUT2D eigenvalue weighted by Gasteiger charge is 2.38. The number of barbiturate groups is 1. The molecule has 3 aromatic carbocycles. The summed E-state index contributed by atoms with van der Waals surface area (Å²) in [5, 5.41) is 2.27. The quantitative estimate of drug-likeness (QED) is 0.316. The maximum Gasteiger partial charge on any atom is 0.336 e. The summed E-state index contributed by atoms with van der Waals surface area (Å²) in [6, 6.07) is 13.4. The Morgan fingerprint density at radius 2 is 1.70 bits per heavy atom. The van der Waals surface area contributed by atoms with Crippen molar-refractivity contribution in [1.29, 1.82) is 0 Å². The number of carbonyl (C=O) groups excluding carboxylic acids is 3. The molecule has 0 aromatic heterocycles. The van der Waals surface area contributed by atoms with Gasteiger partial charge < -0.3 is 9.47 Å². The first kappa shape index (κ1) is 25.9. The molecule has 4 rings (SSSR count). The molecule has 0 atom stereocenters. The molecular formula is C28H24ClFN2O5. The monoisotopic (exact) mass is 522 g/mol. The molecule has 1 fully saturated rings. The molecule has 3 aromatic rings. The van der Waals surface area contributed by atoms with Crippen LogP contribution in [0, 0.1) is 19.7 Å². The third kappa shape index (κ3) is 5.65. The van der Waals surface area contributed by atoms with Crippen LogP contribution in [-0.4, -0.2) is 24.5 Å². The van der Waals surface area contributed by atoms with E-state index in [0.29, 0.717) is 28.6 Å². The molecule has 1 heterocycles. The standard InChI is InChI=1S/C28H24ClFN2O5/c1-4-36-24-14-18(13-21(29)25(24)37-15-19-10-16(2)9-17(3)11-19)12-20-26(33)31-28(35)32(27(20)34)23-8-6-5-7-22(23)30/h5-14H,4,15H2,1-3H3,(H,31,33,35)/b20-12-. The van der Waals surface area contributed by atoms with E-state index in [-0.39, 0.29) is 22.9 Å². The number of rotatable bonds is 7. The van der Waals surface area contributed by atoms with Crippen LogP contribution < -0.4 is 19.7 Å². The highest BCUT2D eigenvalue weighted by molar-refractivity contribution is 6.39. The Balaban J connectivity index is 1.67. The van der Waals surface area contributed by atoms with E-state index >= 15 is 0 Å². The molecule has 4 amide bonds. The van der Waals surface area contributed by atoms with Crippen LogP contribution in [0.2, 0.25) is 5.02 Å². The molecule has 0 bridgehead atoms. The molecule has 0 unspecified atom stereocenters. The van der Waals surface area contributed by atoms with E-state index in [1.807, 2.05) is 26.0 Å². The number of imide groups is 2. The molecule has 7 nitrogen and oxygen atoms in total. The van der Waals surface area contributed by atoms with Gasteiger partial charge in [0, 0.05) is 0 Å². The Labute approximate surface area is 218 Å². The fourth-order valence-electron chi connectivity index (χ4n) is 4.06. The number of benzene rings is 3. The zero-order valence-corrected chi connectivity index (χ0v) is 21.2. The molecule has 0 radical (unpaired) electrons. The van der Waals surface area contributed by atoms with Crippen molar-refractivity contribution in [3.63, 3.8) is 0 Å². The molecule has 37 heavy (non-hydrogen) atoms. The second-order valence-electron chi connectivity index (χ2n) is 8.46. The third-order valence-corrected chi connectivity index (χ3v) is 5.78. The number of nitrogens with zero attached hydrogens (tertiary/aromatic N) is 1. The molecule has 1 aliphatic rings.